The van der Waals surface area contributed by atoms with Crippen molar-refractivity contribution >= 4 is 48.9 Å². The van der Waals surface area contributed by atoms with Gasteiger partial charge in [-0.05, 0) is 80.5 Å². The van der Waals surface area contributed by atoms with Crippen molar-refractivity contribution in [2.45, 2.75) is 19.5 Å². The van der Waals surface area contributed by atoms with Gasteiger partial charge in [0.15, 0.2) is 0 Å². The van der Waals surface area contributed by atoms with Crippen LogP contribution < -0.4 is 10.2 Å². The fourth-order valence-electron chi connectivity index (χ4n) is 2.06. The average molecular weight is 418 g/mol. The molecule has 0 aliphatic heterocycles. The monoisotopic (exact) mass is 416 g/mol. The van der Waals surface area contributed by atoms with E-state index in [-0.39, 0.29) is 0 Å². The van der Waals surface area contributed by atoms with Crippen molar-refractivity contribution in [3.63, 3.8) is 0 Å². The van der Waals surface area contributed by atoms with E-state index >= 15 is 0 Å². The van der Waals surface area contributed by atoms with Crippen LogP contribution in [0.25, 0.3) is 0 Å². The summed E-state index contributed by atoms with van der Waals surface area (Å²) in [6.45, 7) is 3.07. The number of anilines is 1. The Kier molecular flexibility index (Phi) is 5.66. The molecule has 0 saturated carbocycles. The summed E-state index contributed by atoms with van der Waals surface area (Å²) in [6.07, 6.45) is 0. The number of thiophene rings is 1. The normalized spacial score (nSPS) is 12.4. The maximum atomic E-state index is 3.69. The van der Waals surface area contributed by atoms with E-state index in [2.05, 4.69) is 85.7 Å². The molecule has 0 aliphatic carbocycles. The molecule has 0 spiro atoms. The summed E-state index contributed by atoms with van der Waals surface area (Å²) in [4.78, 5) is 2.26. The molecule has 20 heavy (non-hydrogen) atoms. The number of hydrogen-bond donors (Lipinski definition) is 1. The molecule has 1 N–H and O–H groups in total. The van der Waals surface area contributed by atoms with Crippen LogP contribution in [0.5, 0.6) is 0 Å². The molecule has 2 aromatic rings. The van der Waals surface area contributed by atoms with Crippen molar-refractivity contribution < 1.29 is 0 Å². The maximum Gasteiger partial charge on any atom is 0.0701 e. The Bertz CT molecular complexity index is 583. The number of rotatable bonds is 5. The van der Waals surface area contributed by atoms with Gasteiger partial charge in [-0.3, -0.25) is 0 Å². The van der Waals surface area contributed by atoms with Gasteiger partial charge in [0, 0.05) is 24.1 Å². The van der Waals surface area contributed by atoms with Gasteiger partial charge in [-0.15, -0.1) is 11.3 Å². The van der Waals surface area contributed by atoms with E-state index in [0.717, 1.165) is 11.0 Å². The van der Waals surface area contributed by atoms with E-state index in [9.17, 15) is 0 Å². The molecular formula is C15H18Br2N2S. The molecule has 0 amide bonds. The SMILES string of the molecule is CNC(C)c1ccc(N(C)Cc2csc(Br)c2)c(Br)c1. The van der Waals surface area contributed by atoms with Crippen LogP contribution in [-0.4, -0.2) is 14.1 Å². The second-order valence-corrected chi connectivity index (χ2v) is 7.98. The third-order valence-electron chi connectivity index (χ3n) is 3.36. The summed E-state index contributed by atoms with van der Waals surface area (Å²) >= 11 is 8.92. The highest BCUT2D eigenvalue weighted by Crippen LogP contribution is 2.30. The second kappa shape index (κ2) is 7.07. The molecule has 0 radical (unpaired) electrons. The lowest BCUT2D eigenvalue weighted by molar-refractivity contribution is 0.652. The minimum Gasteiger partial charge on any atom is -0.369 e. The van der Waals surface area contributed by atoms with E-state index in [4.69, 9.17) is 0 Å². The van der Waals surface area contributed by atoms with E-state index in [1.165, 1.54) is 20.6 Å². The van der Waals surface area contributed by atoms with Crippen molar-refractivity contribution in [3.05, 3.63) is 49.0 Å². The third kappa shape index (κ3) is 3.85. The first-order valence-corrected chi connectivity index (χ1v) is 8.88. The Hall–Kier alpha value is -0.360. The molecule has 0 fully saturated rings. The Labute approximate surface area is 141 Å². The highest BCUT2D eigenvalue weighted by atomic mass is 79.9. The lowest BCUT2D eigenvalue weighted by Crippen LogP contribution is -2.17. The predicted molar refractivity (Wildman–Crippen MR) is 95.7 cm³/mol. The third-order valence-corrected chi connectivity index (χ3v) is 5.55. The van der Waals surface area contributed by atoms with E-state index in [1.54, 1.807) is 11.3 Å². The fraction of sp³-hybridized carbons (Fsp3) is 0.333. The zero-order valence-electron chi connectivity index (χ0n) is 11.8. The Morgan fingerprint density at radius 3 is 2.60 bits per heavy atom. The van der Waals surface area contributed by atoms with Crippen molar-refractivity contribution in [2.75, 3.05) is 19.0 Å². The van der Waals surface area contributed by atoms with Gasteiger partial charge in [-0.1, -0.05) is 6.07 Å². The summed E-state index contributed by atoms with van der Waals surface area (Å²) in [5.41, 5.74) is 3.82. The molecule has 5 heteroatoms. The highest BCUT2D eigenvalue weighted by molar-refractivity contribution is 9.11. The molecule has 1 aromatic carbocycles. The lowest BCUT2D eigenvalue weighted by Gasteiger charge is -2.21. The Morgan fingerprint density at radius 2 is 2.05 bits per heavy atom. The molecule has 1 unspecified atom stereocenters. The van der Waals surface area contributed by atoms with Crippen LogP contribution in [0.2, 0.25) is 0 Å². The number of halogens is 2. The zero-order chi connectivity index (χ0) is 14.7. The Balaban J connectivity index is 2.15. The molecule has 0 saturated heterocycles. The van der Waals surface area contributed by atoms with Gasteiger partial charge in [0.25, 0.3) is 0 Å². The van der Waals surface area contributed by atoms with Crippen molar-refractivity contribution in [1.82, 2.24) is 5.32 Å². The topological polar surface area (TPSA) is 15.3 Å². The van der Waals surface area contributed by atoms with Gasteiger partial charge in [0.2, 0.25) is 0 Å². The molecule has 1 aromatic heterocycles. The number of benzene rings is 1. The van der Waals surface area contributed by atoms with E-state index < -0.39 is 0 Å². The first kappa shape index (κ1) is 16.0. The van der Waals surface area contributed by atoms with Crippen LogP contribution in [0.1, 0.15) is 24.1 Å². The van der Waals surface area contributed by atoms with Gasteiger partial charge in [-0.25, -0.2) is 0 Å². The maximum absolute atomic E-state index is 3.69. The van der Waals surface area contributed by atoms with Crippen molar-refractivity contribution in [3.8, 4) is 0 Å². The highest BCUT2D eigenvalue weighted by Gasteiger charge is 2.10. The van der Waals surface area contributed by atoms with Gasteiger partial charge >= 0.3 is 0 Å². The summed E-state index contributed by atoms with van der Waals surface area (Å²) in [6, 6.07) is 9.08. The van der Waals surface area contributed by atoms with Crippen LogP contribution in [0.3, 0.4) is 0 Å². The fourth-order valence-corrected chi connectivity index (χ4v) is 3.96. The smallest absolute Gasteiger partial charge is 0.0701 e. The van der Waals surface area contributed by atoms with Crippen LogP contribution in [0.4, 0.5) is 5.69 Å². The Morgan fingerprint density at radius 1 is 1.30 bits per heavy atom. The molecule has 2 rings (SSSR count). The molecule has 0 bridgehead atoms. The number of nitrogens with zero attached hydrogens (tertiary/aromatic N) is 1. The van der Waals surface area contributed by atoms with Crippen LogP contribution >= 0.6 is 43.2 Å². The summed E-state index contributed by atoms with van der Waals surface area (Å²) in [7, 11) is 4.10. The first-order valence-electron chi connectivity index (χ1n) is 6.42. The molecule has 108 valence electrons. The second-order valence-electron chi connectivity index (χ2n) is 4.84. The molecule has 1 atom stereocenters. The molecule has 0 aliphatic rings. The van der Waals surface area contributed by atoms with Crippen molar-refractivity contribution in [1.29, 1.82) is 0 Å². The lowest BCUT2D eigenvalue weighted by atomic mass is 10.1. The minimum atomic E-state index is 0.360. The molecule has 1 heterocycles. The van der Waals surface area contributed by atoms with Gasteiger partial charge in [0.1, 0.15) is 0 Å². The van der Waals surface area contributed by atoms with Crippen LogP contribution in [0, 0.1) is 0 Å². The molecule has 2 nitrogen and oxygen atoms in total. The quantitative estimate of drug-likeness (QED) is 0.719. The summed E-state index contributed by atoms with van der Waals surface area (Å²) in [5, 5.41) is 5.45. The predicted octanol–water partition coefficient (Wildman–Crippen LogP) is 5.19. The largest absolute Gasteiger partial charge is 0.369 e. The summed E-state index contributed by atoms with van der Waals surface area (Å²) < 4.78 is 2.31. The van der Waals surface area contributed by atoms with E-state index in [0.29, 0.717) is 6.04 Å². The number of hydrogen-bond acceptors (Lipinski definition) is 3. The van der Waals surface area contributed by atoms with Gasteiger partial charge in [-0.2, -0.15) is 0 Å². The van der Waals surface area contributed by atoms with Gasteiger partial charge < -0.3 is 10.2 Å². The number of nitrogens with one attached hydrogen (secondary N) is 1. The van der Waals surface area contributed by atoms with Crippen LogP contribution in [-0.2, 0) is 6.54 Å². The first-order chi connectivity index (χ1) is 9.51. The van der Waals surface area contributed by atoms with Crippen LogP contribution in [0.15, 0.2) is 37.9 Å². The standard InChI is InChI=1S/C15H18Br2N2S/c1-10(18-2)12-4-5-14(13(16)7-12)19(3)8-11-6-15(17)20-9-11/h4-7,9-10,18H,8H2,1-3H3. The average Bonchev–Trinajstić information content (AvgIpc) is 2.82. The van der Waals surface area contributed by atoms with Crippen molar-refractivity contribution in [2.24, 2.45) is 0 Å². The zero-order valence-corrected chi connectivity index (χ0v) is 15.8. The van der Waals surface area contributed by atoms with Gasteiger partial charge in [0.05, 0.1) is 9.47 Å². The summed E-state index contributed by atoms with van der Waals surface area (Å²) in [5.74, 6) is 0. The minimum absolute atomic E-state index is 0.360. The van der Waals surface area contributed by atoms with E-state index in [1.807, 2.05) is 7.05 Å². The molecular weight excluding hydrogens is 400 g/mol.